The molecule has 0 saturated carbocycles. The first-order chi connectivity index (χ1) is 14.3. The highest BCUT2D eigenvalue weighted by Gasteiger charge is 2.24. The van der Waals surface area contributed by atoms with E-state index in [1.54, 1.807) is 12.4 Å². The summed E-state index contributed by atoms with van der Waals surface area (Å²) in [6.45, 7) is 4.71. The lowest BCUT2D eigenvalue weighted by atomic mass is 10.1. The molecule has 0 radical (unpaired) electrons. The molecule has 0 atom stereocenters. The molecule has 1 aromatic heterocycles. The number of nitrogens with zero attached hydrogens (tertiary/aromatic N) is 5. The Labute approximate surface area is 170 Å². The molecule has 29 heavy (non-hydrogen) atoms. The highest BCUT2D eigenvalue weighted by atomic mass is 16.2. The van der Waals surface area contributed by atoms with Crippen molar-refractivity contribution >= 4 is 17.5 Å². The van der Waals surface area contributed by atoms with Crippen LogP contribution in [0, 0.1) is 0 Å². The number of carbonyl (C=O) groups is 1. The van der Waals surface area contributed by atoms with Gasteiger partial charge in [0, 0.05) is 62.9 Å². The van der Waals surface area contributed by atoms with Gasteiger partial charge in [0.05, 0.1) is 0 Å². The van der Waals surface area contributed by atoms with Crippen molar-refractivity contribution in [2.45, 2.75) is 13.1 Å². The lowest BCUT2D eigenvalue weighted by Crippen LogP contribution is -2.49. The van der Waals surface area contributed by atoms with Crippen LogP contribution in [-0.4, -0.2) is 47.0 Å². The van der Waals surface area contributed by atoms with Crippen molar-refractivity contribution < 1.29 is 4.79 Å². The molecule has 6 heteroatoms. The van der Waals surface area contributed by atoms with Gasteiger partial charge in [-0.1, -0.05) is 24.3 Å². The highest BCUT2D eigenvalue weighted by Crippen LogP contribution is 2.28. The Bertz CT molecular complexity index is 972. The molecule has 1 saturated heterocycles. The van der Waals surface area contributed by atoms with Gasteiger partial charge >= 0.3 is 0 Å². The number of fused-ring (bicyclic) bond motifs is 1. The molecule has 146 valence electrons. The first kappa shape index (κ1) is 17.7. The molecule has 1 fully saturated rings. The molecule has 1 amide bonds. The molecule has 0 bridgehead atoms. The molecule has 2 aliphatic rings. The van der Waals surface area contributed by atoms with Crippen molar-refractivity contribution in [2.75, 3.05) is 36.0 Å². The molecule has 2 aliphatic heterocycles. The van der Waals surface area contributed by atoms with Gasteiger partial charge in [-0.3, -0.25) is 4.79 Å². The van der Waals surface area contributed by atoms with Gasteiger partial charge in [0.1, 0.15) is 0 Å². The van der Waals surface area contributed by atoms with E-state index in [0.29, 0.717) is 13.1 Å². The lowest BCUT2D eigenvalue weighted by molar-refractivity contribution is 0.0746. The van der Waals surface area contributed by atoms with Crippen molar-refractivity contribution in [1.82, 2.24) is 14.9 Å². The van der Waals surface area contributed by atoms with Crippen LogP contribution in [0.4, 0.5) is 11.6 Å². The van der Waals surface area contributed by atoms with Crippen LogP contribution >= 0.6 is 0 Å². The van der Waals surface area contributed by atoms with Crippen LogP contribution in [-0.2, 0) is 13.1 Å². The largest absolute Gasteiger partial charge is 0.363 e. The zero-order valence-electron chi connectivity index (χ0n) is 16.2. The maximum Gasteiger partial charge on any atom is 0.253 e. The van der Waals surface area contributed by atoms with Crippen LogP contribution in [0.25, 0.3) is 0 Å². The summed E-state index contributed by atoms with van der Waals surface area (Å²) in [5, 5.41) is 0. The van der Waals surface area contributed by atoms with Gasteiger partial charge in [0.25, 0.3) is 5.91 Å². The number of benzene rings is 2. The van der Waals surface area contributed by atoms with Crippen molar-refractivity contribution in [3.05, 3.63) is 83.7 Å². The second-order valence-electron chi connectivity index (χ2n) is 7.50. The molecule has 0 unspecified atom stereocenters. The number of aromatic nitrogens is 2. The van der Waals surface area contributed by atoms with Gasteiger partial charge in [-0.15, -0.1) is 0 Å². The third kappa shape index (κ3) is 3.53. The second-order valence-corrected chi connectivity index (χ2v) is 7.50. The van der Waals surface area contributed by atoms with Crippen molar-refractivity contribution in [1.29, 1.82) is 0 Å². The quantitative estimate of drug-likeness (QED) is 0.694. The van der Waals surface area contributed by atoms with E-state index in [0.717, 1.165) is 43.4 Å². The Morgan fingerprint density at radius 1 is 0.724 bits per heavy atom. The maximum absolute atomic E-state index is 12.9. The number of hydrogen-bond acceptors (Lipinski definition) is 5. The van der Waals surface area contributed by atoms with E-state index in [4.69, 9.17) is 0 Å². The molecule has 0 spiro atoms. The maximum atomic E-state index is 12.9. The fourth-order valence-electron chi connectivity index (χ4n) is 4.08. The van der Waals surface area contributed by atoms with Crippen molar-refractivity contribution in [2.24, 2.45) is 0 Å². The van der Waals surface area contributed by atoms with Gasteiger partial charge < -0.3 is 14.7 Å². The first-order valence-electron chi connectivity index (χ1n) is 10.0. The first-order valence-corrected chi connectivity index (χ1v) is 10.0. The topological polar surface area (TPSA) is 52.6 Å². The minimum absolute atomic E-state index is 0.0925. The fourth-order valence-corrected chi connectivity index (χ4v) is 4.08. The Hall–Kier alpha value is -3.41. The minimum atomic E-state index is 0.0925. The van der Waals surface area contributed by atoms with Gasteiger partial charge in [-0.25, -0.2) is 9.97 Å². The number of amides is 1. The summed E-state index contributed by atoms with van der Waals surface area (Å²) >= 11 is 0. The standard InChI is InChI=1S/C23H23N5O/c29-22(26-12-14-27(15-13-26)23-24-10-3-11-25-23)18-6-8-21(9-7-18)28-16-19-4-1-2-5-20(19)17-28/h1-11H,12-17H2. The fraction of sp³-hybridized carbons (Fsp3) is 0.261. The molecule has 0 aliphatic carbocycles. The summed E-state index contributed by atoms with van der Waals surface area (Å²) in [5.74, 6) is 0.824. The molecule has 6 nitrogen and oxygen atoms in total. The third-order valence-corrected chi connectivity index (χ3v) is 5.72. The summed E-state index contributed by atoms with van der Waals surface area (Å²) in [6, 6.07) is 18.4. The van der Waals surface area contributed by atoms with E-state index in [-0.39, 0.29) is 5.91 Å². The summed E-state index contributed by atoms with van der Waals surface area (Å²) in [7, 11) is 0. The smallest absolute Gasteiger partial charge is 0.253 e. The number of anilines is 2. The number of hydrogen-bond donors (Lipinski definition) is 0. The van der Waals surface area contributed by atoms with Crippen molar-refractivity contribution in [3.63, 3.8) is 0 Å². The third-order valence-electron chi connectivity index (χ3n) is 5.72. The average Bonchev–Trinajstić information content (AvgIpc) is 3.24. The van der Waals surface area contributed by atoms with Gasteiger partial charge in [-0.05, 0) is 41.5 Å². The van der Waals surface area contributed by atoms with E-state index in [1.807, 2.05) is 23.1 Å². The average molecular weight is 385 g/mol. The Morgan fingerprint density at radius 2 is 1.34 bits per heavy atom. The minimum Gasteiger partial charge on any atom is -0.363 e. The highest BCUT2D eigenvalue weighted by molar-refractivity contribution is 5.94. The van der Waals surface area contributed by atoms with E-state index in [9.17, 15) is 4.79 Å². The van der Waals surface area contributed by atoms with Crippen LogP contribution < -0.4 is 9.80 Å². The molecule has 2 aromatic carbocycles. The Kier molecular flexibility index (Phi) is 4.60. The number of piperazine rings is 1. The van der Waals surface area contributed by atoms with Crippen LogP contribution in [0.15, 0.2) is 67.0 Å². The van der Waals surface area contributed by atoms with E-state index in [1.165, 1.54) is 11.1 Å². The van der Waals surface area contributed by atoms with E-state index < -0.39 is 0 Å². The van der Waals surface area contributed by atoms with Gasteiger partial charge in [0.15, 0.2) is 0 Å². The predicted octanol–water partition coefficient (Wildman–Crippen LogP) is 2.96. The SMILES string of the molecule is O=C(c1ccc(N2Cc3ccccc3C2)cc1)N1CCN(c2ncccn2)CC1. The van der Waals surface area contributed by atoms with Gasteiger partial charge in [-0.2, -0.15) is 0 Å². The molecular formula is C23H23N5O. The van der Waals surface area contributed by atoms with E-state index >= 15 is 0 Å². The van der Waals surface area contributed by atoms with Crippen LogP contribution in [0.5, 0.6) is 0 Å². The Balaban J connectivity index is 1.21. The summed E-state index contributed by atoms with van der Waals surface area (Å²) in [4.78, 5) is 27.9. The second kappa shape index (κ2) is 7.54. The number of carbonyl (C=O) groups excluding carboxylic acids is 1. The van der Waals surface area contributed by atoms with Crippen LogP contribution in [0.3, 0.4) is 0 Å². The van der Waals surface area contributed by atoms with Crippen LogP contribution in [0.1, 0.15) is 21.5 Å². The number of rotatable bonds is 3. The summed E-state index contributed by atoms with van der Waals surface area (Å²) < 4.78 is 0. The summed E-state index contributed by atoms with van der Waals surface area (Å²) in [5.41, 5.74) is 4.67. The van der Waals surface area contributed by atoms with Crippen LogP contribution in [0.2, 0.25) is 0 Å². The zero-order chi connectivity index (χ0) is 19.6. The van der Waals surface area contributed by atoms with Gasteiger partial charge in [0.2, 0.25) is 5.95 Å². The molecular weight excluding hydrogens is 362 g/mol. The normalized spacial score (nSPS) is 16.1. The molecule has 5 rings (SSSR count). The summed E-state index contributed by atoms with van der Waals surface area (Å²) in [6.07, 6.45) is 3.50. The lowest BCUT2D eigenvalue weighted by Gasteiger charge is -2.34. The molecule has 3 aromatic rings. The predicted molar refractivity (Wildman–Crippen MR) is 113 cm³/mol. The van der Waals surface area contributed by atoms with Crippen molar-refractivity contribution in [3.8, 4) is 0 Å². The Morgan fingerprint density at radius 3 is 1.97 bits per heavy atom. The molecule has 3 heterocycles. The molecule has 0 N–H and O–H groups in total. The monoisotopic (exact) mass is 385 g/mol. The van der Waals surface area contributed by atoms with E-state index in [2.05, 4.69) is 56.2 Å². The zero-order valence-corrected chi connectivity index (χ0v) is 16.2.